The van der Waals surface area contributed by atoms with Crippen molar-refractivity contribution in [3.63, 3.8) is 0 Å². The van der Waals surface area contributed by atoms with E-state index >= 15 is 0 Å². The molecule has 0 atom stereocenters. The summed E-state index contributed by atoms with van der Waals surface area (Å²) in [4.78, 5) is 2.03. The Morgan fingerprint density at radius 1 is 1.26 bits per heavy atom. The summed E-state index contributed by atoms with van der Waals surface area (Å²) in [6.07, 6.45) is 0. The molecule has 0 aliphatic heterocycles. The van der Waals surface area contributed by atoms with E-state index in [0.717, 1.165) is 11.3 Å². The molecule has 0 bridgehead atoms. The second kappa shape index (κ2) is 5.64. The van der Waals surface area contributed by atoms with Gasteiger partial charge in [-0.25, -0.2) is 0 Å². The third-order valence-electron chi connectivity index (χ3n) is 2.86. The number of nitrogen functional groups attached to an aromatic ring is 1. The summed E-state index contributed by atoms with van der Waals surface area (Å²) in [7, 11) is 1.95. The van der Waals surface area contributed by atoms with Gasteiger partial charge in [-0.2, -0.15) is 5.26 Å². The van der Waals surface area contributed by atoms with Gasteiger partial charge in [-0.1, -0.05) is 23.7 Å². The lowest BCUT2D eigenvalue weighted by molar-refractivity contribution is 0.923. The fourth-order valence-corrected chi connectivity index (χ4v) is 2.26. The number of hydrogen-bond donors (Lipinski definition) is 1. The molecule has 0 heterocycles. The number of nitriles is 1. The van der Waals surface area contributed by atoms with Gasteiger partial charge in [0.25, 0.3) is 0 Å². The number of hydrogen-bond acceptors (Lipinski definition) is 3. The van der Waals surface area contributed by atoms with Crippen molar-refractivity contribution in [1.82, 2.24) is 0 Å². The van der Waals surface area contributed by atoms with E-state index in [1.165, 1.54) is 0 Å². The van der Waals surface area contributed by atoms with E-state index < -0.39 is 0 Å². The molecule has 0 saturated heterocycles. The van der Waals surface area contributed by atoms with E-state index in [1.807, 2.05) is 42.3 Å². The average Bonchev–Trinajstić information content (AvgIpc) is 2.38. The highest BCUT2D eigenvalue weighted by Crippen LogP contribution is 2.28. The zero-order chi connectivity index (χ0) is 13.8. The number of anilines is 2. The molecule has 3 nitrogen and oxygen atoms in total. The molecule has 0 fully saturated rings. The van der Waals surface area contributed by atoms with Crippen LogP contribution in [0.25, 0.3) is 0 Å². The lowest BCUT2D eigenvalue weighted by Gasteiger charge is -2.21. The Labute approximate surface area is 117 Å². The number of benzene rings is 2. The van der Waals surface area contributed by atoms with Gasteiger partial charge in [-0.15, -0.1) is 0 Å². The third-order valence-corrected chi connectivity index (χ3v) is 3.16. The minimum atomic E-state index is 0.624. The van der Waals surface area contributed by atoms with Crippen LogP contribution in [0.2, 0.25) is 5.02 Å². The van der Waals surface area contributed by atoms with Gasteiger partial charge < -0.3 is 10.6 Å². The SMILES string of the molecule is CN(Cc1cccc(C#N)c1)c1ccc(N)cc1Cl. The number of nitrogens with two attached hydrogens (primary N) is 1. The van der Waals surface area contributed by atoms with Crippen LogP contribution >= 0.6 is 11.6 Å². The second-order valence-electron chi connectivity index (χ2n) is 4.38. The van der Waals surface area contributed by atoms with Crippen molar-refractivity contribution in [2.45, 2.75) is 6.54 Å². The smallest absolute Gasteiger partial charge is 0.0991 e. The first-order chi connectivity index (χ1) is 9.10. The minimum Gasteiger partial charge on any atom is -0.399 e. The van der Waals surface area contributed by atoms with Crippen LogP contribution in [0.1, 0.15) is 11.1 Å². The molecule has 2 rings (SSSR count). The van der Waals surface area contributed by atoms with Crippen LogP contribution in [0.4, 0.5) is 11.4 Å². The fourth-order valence-electron chi connectivity index (χ4n) is 1.93. The van der Waals surface area contributed by atoms with Crippen LogP contribution in [-0.2, 0) is 6.54 Å². The van der Waals surface area contributed by atoms with E-state index in [1.54, 1.807) is 12.1 Å². The van der Waals surface area contributed by atoms with E-state index in [0.29, 0.717) is 22.8 Å². The van der Waals surface area contributed by atoms with Gasteiger partial charge in [0.2, 0.25) is 0 Å². The summed E-state index contributed by atoms with van der Waals surface area (Å²) >= 11 is 6.18. The summed E-state index contributed by atoms with van der Waals surface area (Å²) in [6.45, 7) is 0.680. The normalized spacial score (nSPS) is 9.95. The van der Waals surface area contributed by atoms with Gasteiger partial charge in [0.05, 0.1) is 22.3 Å². The zero-order valence-corrected chi connectivity index (χ0v) is 11.4. The van der Waals surface area contributed by atoms with Crippen molar-refractivity contribution < 1.29 is 0 Å². The van der Waals surface area contributed by atoms with Crippen molar-refractivity contribution in [3.8, 4) is 6.07 Å². The van der Waals surface area contributed by atoms with Crippen molar-refractivity contribution in [1.29, 1.82) is 5.26 Å². The number of halogens is 1. The van der Waals surface area contributed by atoms with Crippen LogP contribution in [0.15, 0.2) is 42.5 Å². The molecule has 0 amide bonds. The lowest BCUT2D eigenvalue weighted by atomic mass is 10.1. The molecule has 0 aliphatic rings. The molecule has 19 heavy (non-hydrogen) atoms. The van der Waals surface area contributed by atoms with Gasteiger partial charge >= 0.3 is 0 Å². The molecule has 0 saturated carbocycles. The van der Waals surface area contributed by atoms with E-state index in [2.05, 4.69) is 6.07 Å². The molecule has 0 aliphatic carbocycles. The van der Waals surface area contributed by atoms with E-state index in [9.17, 15) is 0 Å². The van der Waals surface area contributed by atoms with Gasteiger partial charge in [0.15, 0.2) is 0 Å². The minimum absolute atomic E-state index is 0.624. The summed E-state index contributed by atoms with van der Waals surface area (Å²) in [5.74, 6) is 0. The Kier molecular flexibility index (Phi) is 3.94. The first-order valence-corrected chi connectivity index (χ1v) is 6.23. The van der Waals surface area contributed by atoms with Gasteiger partial charge in [-0.05, 0) is 35.9 Å². The fraction of sp³-hybridized carbons (Fsp3) is 0.133. The first kappa shape index (κ1) is 13.3. The Hall–Kier alpha value is -2.18. The third kappa shape index (κ3) is 3.18. The molecule has 0 unspecified atom stereocenters. The summed E-state index contributed by atoms with van der Waals surface area (Å²) in [5, 5.41) is 9.51. The lowest BCUT2D eigenvalue weighted by Crippen LogP contribution is -2.16. The van der Waals surface area contributed by atoms with E-state index in [-0.39, 0.29) is 0 Å². The highest BCUT2D eigenvalue weighted by molar-refractivity contribution is 6.33. The monoisotopic (exact) mass is 271 g/mol. The van der Waals surface area contributed by atoms with Crippen LogP contribution in [0.5, 0.6) is 0 Å². The molecule has 2 N–H and O–H groups in total. The highest BCUT2D eigenvalue weighted by atomic mass is 35.5. The second-order valence-corrected chi connectivity index (χ2v) is 4.79. The van der Waals surface area contributed by atoms with Crippen molar-refractivity contribution in [2.24, 2.45) is 0 Å². The predicted molar refractivity (Wildman–Crippen MR) is 79.1 cm³/mol. The van der Waals surface area contributed by atoms with Crippen molar-refractivity contribution in [3.05, 3.63) is 58.6 Å². The van der Waals surface area contributed by atoms with Crippen LogP contribution in [0, 0.1) is 11.3 Å². The Bertz CT molecular complexity index is 632. The number of rotatable bonds is 3. The van der Waals surface area contributed by atoms with Crippen molar-refractivity contribution >= 4 is 23.0 Å². The van der Waals surface area contributed by atoms with Gasteiger partial charge in [-0.3, -0.25) is 0 Å². The summed E-state index contributed by atoms with van der Waals surface area (Å²) in [6, 6.07) is 15.1. The molecular formula is C15H14ClN3. The van der Waals surface area contributed by atoms with Crippen LogP contribution in [-0.4, -0.2) is 7.05 Å². The molecule has 96 valence electrons. The quantitative estimate of drug-likeness (QED) is 0.870. The molecule has 2 aromatic rings. The summed E-state index contributed by atoms with van der Waals surface area (Å²) < 4.78 is 0. The maximum Gasteiger partial charge on any atom is 0.0991 e. The molecular weight excluding hydrogens is 258 g/mol. The average molecular weight is 272 g/mol. The zero-order valence-electron chi connectivity index (χ0n) is 10.6. The van der Waals surface area contributed by atoms with E-state index in [4.69, 9.17) is 22.6 Å². The van der Waals surface area contributed by atoms with Crippen molar-refractivity contribution in [2.75, 3.05) is 17.7 Å². The standard InChI is InChI=1S/C15H14ClN3/c1-19(15-6-5-13(18)8-14(15)16)10-12-4-2-3-11(7-12)9-17/h2-8H,10,18H2,1H3. The van der Waals surface area contributed by atoms with Gasteiger partial charge in [0.1, 0.15) is 0 Å². The molecule has 0 spiro atoms. The maximum atomic E-state index is 8.89. The Balaban J connectivity index is 2.20. The Morgan fingerprint density at radius 2 is 2.05 bits per heavy atom. The Morgan fingerprint density at radius 3 is 2.74 bits per heavy atom. The highest BCUT2D eigenvalue weighted by Gasteiger charge is 2.07. The predicted octanol–water partition coefficient (Wildman–Crippen LogP) is 3.43. The first-order valence-electron chi connectivity index (χ1n) is 5.85. The maximum absolute atomic E-state index is 8.89. The molecule has 0 radical (unpaired) electrons. The van der Waals surface area contributed by atoms with Crippen LogP contribution < -0.4 is 10.6 Å². The topological polar surface area (TPSA) is 53.0 Å². The summed E-state index contributed by atoms with van der Waals surface area (Å²) in [5.41, 5.74) is 8.97. The van der Waals surface area contributed by atoms with Gasteiger partial charge in [0, 0.05) is 19.3 Å². The van der Waals surface area contributed by atoms with Crippen LogP contribution in [0.3, 0.4) is 0 Å². The molecule has 4 heteroatoms. The molecule has 0 aromatic heterocycles. The number of nitrogens with zero attached hydrogens (tertiary/aromatic N) is 2. The largest absolute Gasteiger partial charge is 0.399 e. The molecule has 2 aromatic carbocycles.